The van der Waals surface area contributed by atoms with Crippen LogP contribution in [0.3, 0.4) is 0 Å². The van der Waals surface area contributed by atoms with Crippen LogP contribution >= 0.6 is 0 Å². The molecule has 0 saturated carbocycles. The minimum atomic E-state index is 0.373. The number of hydrogen-bond donors (Lipinski definition) is 1. The lowest BCUT2D eigenvalue weighted by Gasteiger charge is -2.28. The molecule has 1 aromatic heterocycles. The predicted molar refractivity (Wildman–Crippen MR) is 78.3 cm³/mol. The normalized spacial score (nSPS) is 13.4. The molecule has 0 aliphatic rings. The number of methoxy groups -OCH3 is 1. The van der Waals surface area contributed by atoms with Crippen molar-refractivity contribution in [1.82, 2.24) is 10.2 Å². The predicted octanol–water partition coefficient (Wildman–Crippen LogP) is 2.28. The van der Waals surface area contributed by atoms with Gasteiger partial charge in [-0.3, -0.25) is 4.90 Å². The average molecular weight is 268 g/mol. The number of ether oxygens (including phenoxy) is 1. The largest absolute Gasteiger partial charge is 0.469 e. The number of likely N-dealkylation sites (N-methyl/N-ethyl adjacent to an activating group) is 1. The zero-order valence-electron chi connectivity index (χ0n) is 12.9. The van der Waals surface area contributed by atoms with E-state index < -0.39 is 0 Å². The minimum absolute atomic E-state index is 0.373. The molecule has 4 heteroatoms. The fraction of sp³-hybridized carbons (Fsp3) is 0.733. The molecular formula is C15H28N2O2. The molecule has 110 valence electrons. The quantitative estimate of drug-likeness (QED) is 0.745. The van der Waals surface area contributed by atoms with E-state index in [1.807, 2.05) is 13.0 Å². The van der Waals surface area contributed by atoms with Crippen molar-refractivity contribution in [2.24, 2.45) is 5.92 Å². The molecule has 1 aromatic rings. The van der Waals surface area contributed by atoms with Gasteiger partial charge in [-0.2, -0.15) is 0 Å². The maximum Gasteiger partial charge on any atom is 0.105 e. The maximum absolute atomic E-state index is 5.34. The molecule has 0 spiro atoms. The summed E-state index contributed by atoms with van der Waals surface area (Å²) < 4.78 is 10.7. The van der Waals surface area contributed by atoms with Crippen molar-refractivity contribution < 1.29 is 9.15 Å². The molecular weight excluding hydrogens is 240 g/mol. The Bertz CT molecular complexity index is 350. The van der Waals surface area contributed by atoms with E-state index in [1.54, 1.807) is 13.4 Å². The van der Waals surface area contributed by atoms with E-state index in [4.69, 9.17) is 9.15 Å². The topological polar surface area (TPSA) is 37.6 Å². The van der Waals surface area contributed by atoms with Crippen LogP contribution in [0.15, 0.2) is 16.7 Å². The first-order valence-electron chi connectivity index (χ1n) is 6.97. The fourth-order valence-corrected chi connectivity index (χ4v) is 2.05. The molecule has 4 nitrogen and oxygen atoms in total. The first-order chi connectivity index (χ1) is 9.04. The van der Waals surface area contributed by atoms with Crippen LogP contribution in [0.25, 0.3) is 0 Å². The molecule has 1 rings (SSSR count). The summed E-state index contributed by atoms with van der Waals surface area (Å²) in [6, 6.07) is 2.41. The number of hydrogen-bond acceptors (Lipinski definition) is 4. The molecule has 0 fully saturated rings. The Morgan fingerprint density at radius 3 is 2.63 bits per heavy atom. The second-order valence-corrected chi connectivity index (χ2v) is 5.58. The zero-order valence-corrected chi connectivity index (χ0v) is 12.9. The van der Waals surface area contributed by atoms with Crippen LogP contribution in [0.4, 0.5) is 0 Å². The Kier molecular flexibility index (Phi) is 7.13. The highest BCUT2D eigenvalue weighted by Crippen LogP contribution is 2.12. The highest BCUT2D eigenvalue weighted by molar-refractivity contribution is 5.15. The van der Waals surface area contributed by atoms with Gasteiger partial charge in [0, 0.05) is 31.8 Å². The van der Waals surface area contributed by atoms with Gasteiger partial charge in [-0.15, -0.1) is 0 Å². The average Bonchev–Trinajstić information content (AvgIpc) is 2.73. The number of aryl methyl sites for hydroxylation is 1. The lowest BCUT2D eigenvalue weighted by Crippen LogP contribution is -2.43. The summed E-state index contributed by atoms with van der Waals surface area (Å²) in [5.41, 5.74) is 1.24. The Hall–Kier alpha value is -0.840. The summed E-state index contributed by atoms with van der Waals surface area (Å²) in [7, 11) is 3.89. The van der Waals surface area contributed by atoms with Gasteiger partial charge in [0.15, 0.2) is 0 Å². The summed E-state index contributed by atoms with van der Waals surface area (Å²) in [5, 5.41) is 3.50. The molecule has 0 bridgehead atoms. The van der Waals surface area contributed by atoms with Crippen LogP contribution in [-0.2, 0) is 11.3 Å². The van der Waals surface area contributed by atoms with Gasteiger partial charge >= 0.3 is 0 Å². The van der Waals surface area contributed by atoms with Crippen molar-refractivity contribution in [3.8, 4) is 0 Å². The molecule has 1 atom stereocenters. The van der Waals surface area contributed by atoms with Gasteiger partial charge in [0.1, 0.15) is 5.76 Å². The lowest BCUT2D eigenvalue weighted by atomic mass is 10.2. The molecule has 0 aromatic carbocycles. The monoisotopic (exact) mass is 268 g/mol. The molecule has 0 amide bonds. The van der Waals surface area contributed by atoms with E-state index in [9.17, 15) is 0 Å². The van der Waals surface area contributed by atoms with Gasteiger partial charge in [-0.05, 0) is 32.5 Å². The Balaban J connectivity index is 2.47. The lowest BCUT2D eigenvalue weighted by molar-refractivity contribution is 0.101. The van der Waals surface area contributed by atoms with Gasteiger partial charge in [-0.25, -0.2) is 0 Å². The van der Waals surface area contributed by atoms with Crippen molar-refractivity contribution in [2.75, 3.05) is 33.9 Å². The third-order valence-electron chi connectivity index (χ3n) is 3.30. The third kappa shape index (κ3) is 5.76. The molecule has 1 N–H and O–H groups in total. The smallest absolute Gasteiger partial charge is 0.105 e. The molecule has 0 saturated heterocycles. The minimum Gasteiger partial charge on any atom is -0.469 e. The summed E-state index contributed by atoms with van der Waals surface area (Å²) in [4.78, 5) is 2.31. The van der Waals surface area contributed by atoms with E-state index >= 15 is 0 Å². The van der Waals surface area contributed by atoms with Crippen molar-refractivity contribution in [2.45, 2.75) is 33.4 Å². The number of nitrogens with zero attached hydrogens (tertiary/aromatic N) is 1. The van der Waals surface area contributed by atoms with E-state index in [-0.39, 0.29) is 0 Å². The van der Waals surface area contributed by atoms with Crippen LogP contribution in [-0.4, -0.2) is 44.8 Å². The van der Waals surface area contributed by atoms with Crippen LogP contribution in [0.5, 0.6) is 0 Å². The number of rotatable bonds is 9. The first kappa shape index (κ1) is 16.2. The molecule has 19 heavy (non-hydrogen) atoms. The van der Waals surface area contributed by atoms with E-state index in [2.05, 4.69) is 31.1 Å². The molecule has 0 aliphatic carbocycles. The Labute approximate surface area is 117 Å². The van der Waals surface area contributed by atoms with Gasteiger partial charge in [0.05, 0.1) is 12.9 Å². The van der Waals surface area contributed by atoms with Crippen molar-refractivity contribution in [3.05, 3.63) is 23.7 Å². The first-order valence-corrected chi connectivity index (χ1v) is 6.97. The second kappa shape index (κ2) is 8.35. The third-order valence-corrected chi connectivity index (χ3v) is 3.30. The summed E-state index contributed by atoms with van der Waals surface area (Å²) in [6.07, 6.45) is 1.75. The highest BCUT2D eigenvalue weighted by Gasteiger charge is 2.16. The van der Waals surface area contributed by atoms with Gasteiger partial charge < -0.3 is 14.5 Å². The Morgan fingerprint density at radius 1 is 1.37 bits per heavy atom. The van der Waals surface area contributed by atoms with Crippen molar-refractivity contribution in [3.63, 3.8) is 0 Å². The van der Waals surface area contributed by atoms with E-state index in [1.165, 1.54) is 5.56 Å². The van der Waals surface area contributed by atoms with Crippen molar-refractivity contribution in [1.29, 1.82) is 0 Å². The van der Waals surface area contributed by atoms with Gasteiger partial charge in [0.25, 0.3) is 0 Å². The highest BCUT2D eigenvalue weighted by atomic mass is 16.5. The molecule has 1 heterocycles. The van der Waals surface area contributed by atoms with Gasteiger partial charge in [0.2, 0.25) is 0 Å². The van der Waals surface area contributed by atoms with E-state index in [0.29, 0.717) is 12.0 Å². The van der Waals surface area contributed by atoms with Crippen LogP contribution in [0.1, 0.15) is 25.2 Å². The Morgan fingerprint density at radius 2 is 2.11 bits per heavy atom. The molecule has 0 aliphatic heterocycles. The summed E-state index contributed by atoms with van der Waals surface area (Å²) >= 11 is 0. The zero-order chi connectivity index (χ0) is 14.3. The van der Waals surface area contributed by atoms with Crippen LogP contribution in [0.2, 0.25) is 0 Å². The number of furan rings is 1. The SMILES string of the molecule is COCC(CNCC(C)C)N(C)Cc1ccoc1C. The standard InChI is InChI=1S/C15H28N2O2/c1-12(2)8-16-9-15(11-18-5)17(4)10-14-6-7-19-13(14)3/h6-7,12,15-16H,8-11H2,1-5H3. The van der Waals surface area contributed by atoms with E-state index in [0.717, 1.165) is 32.0 Å². The second-order valence-electron chi connectivity index (χ2n) is 5.58. The van der Waals surface area contributed by atoms with Crippen LogP contribution in [0, 0.1) is 12.8 Å². The number of nitrogens with one attached hydrogen (secondary N) is 1. The molecule has 0 radical (unpaired) electrons. The summed E-state index contributed by atoms with van der Waals surface area (Å²) in [5.74, 6) is 1.67. The maximum atomic E-state index is 5.34. The van der Waals surface area contributed by atoms with Crippen molar-refractivity contribution >= 4 is 0 Å². The summed E-state index contributed by atoms with van der Waals surface area (Å²) in [6.45, 7) is 10.1. The van der Waals surface area contributed by atoms with Crippen LogP contribution < -0.4 is 5.32 Å². The molecule has 1 unspecified atom stereocenters. The van der Waals surface area contributed by atoms with Gasteiger partial charge in [-0.1, -0.05) is 13.8 Å². The fourth-order valence-electron chi connectivity index (χ4n) is 2.05.